The van der Waals surface area contributed by atoms with Crippen molar-refractivity contribution in [1.82, 2.24) is 19.9 Å². The van der Waals surface area contributed by atoms with Crippen molar-refractivity contribution in [2.75, 3.05) is 23.9 Å². The molecule has 0 aromatic carbocycles. The van der Waals surface area contributed by atoms with Crippen LogP contribution in [0.2, 0.25) is 0 Å². The fourth-order valence-corrected chi connectivity index (χ4v) is 3.79. The summed E-state index contributed by atoms with van der Waals surface area (Å²) in [5.41, 5.74) is 7.17. The molecule has 0 saturated heterocycles. The van der Waals surface area contributed by atoms with E-state index in [0.717, 1.165) is 17.9 Å². The van der Waals surface area contributed by atoms with Gasteiger partial charge in [0.05, 0.1) is 6.33 Å². The van der Waals surface area contributed by atoms with E-state index in [9.17, 15) is 0 Å². The summed E-state index contributed by atoms with van der Waals surface area (Å²) in [6, 6.07) is 0. The fourth-order valence-electron chi connectivity index (χ4n) is 2.87. The van der Waals surface area contributed by atoms with E-state index in [0.29, 0.717) is 10.4 Å². The summed E-state index contributed by atoms with van der Waals surface area (Å²) in [5.74, 6) is 1.01. The van der Waals surface area contributed by atoms with Gasteiger partial charge >= 0.3 is 0 Å². The average molecular weight is 292 g/mol. The topological polar surface area (TPSA) is 92.5 Å². The van der Waals surface area contributed by atoms with Crippen LogP contribution in [0.15, 0.2) is 6.33 Å². The Hall–Kier alpha value is -1.50. The molecule has 0 unspecified atom stereocenters. The third-order valence-electron chi connectivity index (χ3n) is 4.08. The summed E-state index contributed by atoms with van der Waals surface area (Å²) in [7, 11) is 0. The van der Waals surface area contributed by atoms with Gasteiger partial charge in [-0.05, 0) is 19.1 Å². The number of imidazole rings is 1. The van der Waals surface area contributed by atoms with Crippen molar-refractivity contribution in [3.05, 3.63) is 6.33 Å². The van der Waals surface area contributed by atoms with Crippen molar-refractivity contribution in [3.63, 3.8) is 0 Å². The van der Waals surface area contributed by atoms with Gasteiger partial charge in [0.1, 0.15) is 5.52 Å². The number of thioether (sulfide) groups is 1. The third-order valence-corrected chi connectivity index (χ3v) is 5.50. The van der Waals surface area contributed by atoms with Gasteiger partial charge in [-0.1, -0.05) is 19.3 Å². The minimum absolute atomic E-state index is 0.258. The Morgan fingerprint density at radius 3 is 2.90 bits per heavy atom. The molecular formula is C13H20N6S. The molecule has 2 heterocycles. The number of hydrogen-bond acceptors (Lipinski definition) is 6. The van der Waals surface area contributed by atoms with Crippen molar-refractivity contribution < 1.29 is 0 Å². The number of H-pyrrole nitrogens is 1. The molecule has 1 aliphatic rings. The molecule has 0 amide bonds. The molecule has 1 aliphatic carbocycles. The van der Waals surface area contributed by atoms with Gasteiger partial charge in [0.2, 0.25) is 5.95 Å². The Morgan fingerprint density at radius 1 is 1.35 bits per heavy atom. The Bertz CT molecular complexity index is 590. The molecule has 2 aromatic heterocycles. The fraction of sp³-hybridized carbons (Fsp3) is 0.615. The number of nitrogens with zero attached hydrogens (tertiary/aromatic N) is 3. The van der Waals surface area contributed by atoms with Crippen LogP contribution in [0.5, 0.6) is 0 Å². The monoisotopic (exact) mass is 292 g/mol. The van der Waals surface area contributed by atoms with Gasteiger partial charge in [-0.2, -0.15) is 21.7 Å². The predicted octanol–water partition coefficient (Wildman–Crippen LogP) is 2.41. The highest BCUT2D eigenvalue weighted by molar-refractivity contribution is 8.00. The molecule has 0 bridgehead atoms. The highest BCUT2D eigenvalue weighted by Crippen LogP contribution is 2.38. The van der Waals surface area contributed by atoms with Crippen LogP contribution in [-0.4, -0.2) is 37.5 Å². The molecule has 6 nitrogen and oxygen atoms in total. The van der Waals surface area contributed by atoms with E-state index in [1.165, 1.54) is 32.1 Å². The number of nitrogens with one attached hydrogen (secondary N) is 2. The molecular weight excluding hydrogens is 272 g/mol. The summed E-state index contributed by atoms with van der Waals surface area (Å²) in [4.78, 5) is 15.6. The Morgan fingerprint density at radius 2 is 2.15 bits per heavy atom. The van der Waals surface area contributed by atoms with Crippen LogP contribution in [0.4, 0.5) is 11.8 Å². The van der Waals surface area contributed by atoms with E-state index in [4.69, 9.17) is 5.73 Å². The maximum Gasteiger partial charge on any atom is 0.224 e. The van der Waals surface area contributed by atoms with Crippen LogP contribution in [-0.2, 0) is 0 Å². The van der Waals surface area contributed by atoms with Crippen LogP contribution in [0.25, 0.3) is 11.2 Å². The van der Waals surface area contributed by atoms with Crippen molar-refractivity contribution in [2.45, 2.75) is 36.9 Å². The molecule has 0 spiro atoms. The number of aromatic nitrogens is 4. The van der Waals surface area contributed by atoms with Gasteiger partial charge in [-0.15, -0.1) is 0 Å². The molecule has 3 rings (SSSR count). The number of rotatable bonds is 4. The third kappa shape index (κ3) is 2.54. The first kappa shape index (κ1) is 13.5. The lowest BCUT2D eigenvalue weighted by atomic mass is 9.88. The molecule has 0 aliphatic heterocycles. The molecule has 4 N–H and O–H groups in total. The van der Waals surface area contributed by atoms with Crippen molar-refractivity contribution >= 4 is 34.7 Å². The minimum Gasteiger partial charge on any atom is -0.368 e. The molecule has 20 heavy (non-hydrogen) atoms. The highest BCUT2D eigenvalue weighted by atomic mass is 32.2. The van der Waals surface area contributed by atoms with Gasteiger partial charge in [0, 0.05) is 11.3 Å². The summed E-state index contributed by atoms with van der Waals surface area (Å²) in [5, 5.41) is 3.45. The van der Waals surface area contributed by atoms with Gasteiger partial charge in [0.25, 0.3) is 0 Å². The van der Waals surface area contributed by atoms with E-state index >= 15 is 0 Å². The van der Waals surface area contributed by atoms with Gasteiger partial charge in [0.15, 0.2) is 11.5 Å². The van der Waals surface area contributed by atoms with E-state index < -0.39 is 0 Å². The number of nitrogens with two attached hydrogens (primary N) is 1. The summed E-state index contributed by atoms with van der Waals surface area (Å²) in [6.07, 6.45) is 10.3. The van der Waals surface area contributed by atoms with Crippen molar-refractivity contribution in [1.29, 1.82) is 0 Å². The van der Waals surface area contributed by atoms with Crippen LogP contribution in [0.3, 0.4) is 0 Å². The molecule has 2 aromatic rings. The SMILES string of the molecule is CSC1(CNc2nc(N)nc3nc[nH]c23)CCCCC1. The molecule has 1 fully saturated rings. The maximum absolute atomic E-state index is 5.74. The van der Waals surface area contributed by atoms with E-state index in [-0.39, 0.29) is 5.95 Å². The first-order valence-corrected chi connectivity index (χ1v) is 8.20. The quantitative estimate of drug-likeness (QED) is 0.801. The standard InChI is InChI=1S/C13H20N6S/c1-20-13(5-3-2-4-6-13)7-15-10-9-11(17-8-16-9)19-12(14)18-10/h8H,2-7H2,1H3,(H4,14,15,16,17,18,19). The Labute approximate surface area is 122 Å². The first-order chi connectivity index (χ1) is 9.72. The summed E-state index contributed by atoms with van der Waals surface area (Å²) < 4.78 is 0.310. The van der Waals surface area contributed by atoms with Crippen LogP contribution < -0.4 is 11.1 Å². The number of fused-ring (bicyclic) bond motifs is 1. The predicted molar refractivity (Wildman–Crippen MR) is 83.9 cm³/mol. The summed E-state index contributed by atoms with van der Waals surface area (Å²) >= 11 is 1.96. The smallest absolute Gasteiger partial charge is 0.224 e. The van der Waals surface area contributed by atoms with Crippen LogP contribution in [0, 0.1) is 0 Å². The normalized spacial score (nSPS) is 18.2. The minimum atomic E-state index is 0.258. The summed E-state index contributed by atoms with van der Waals surface area (Å²) in [6.45, 7) is 0.902. The molecule has 0 atom stereocenters. The Kier molecular flexibility index (Phi) is 3.69. The molecule has 1 saturated carbocycles. The van der Waals surface area contributed by atoms with Crippen molar-refractivity contribution in [3.8, 4) is 0 Å². The lowest BCUT2D eigenvalue weighted by Gasteiger charge is -2.36. The van der Waals surface area contributed by atoms with Crippen LogP contribution >= 0.6 is 11.8 Å². The van der Waals surface area contributed by atoms with Crippen LogP contribution in [0.1, 0.15) is 32.1 Å². The number of nitrogen functional groups attached to an aromatic ring is 1. The zero-order chi connectivity index (χ0) is 14.0. The van der Waals surface area contributed by atoms with Gasteiger partial charge in [-0.3, -0.25) is 0 Å². The second kappa shape index (κ2) is 5.47. The second-order valence-electron chi connectivity index (χ2n) is 5.33. The number of hydrogen-bond donors (Lipinski definition) is 3. The highest BCUT2D eigenvalue weighted by Gasteiger charge is 2.31. The number of aromatic amines is 1. The zero-order valence-corrected chi connectivity index (χ0v) is 12.5. The first-order valence-electron chi connectivity index (χ1n) is 6.98. The zero-order valence-electron chi connectivity index (χ0n) is 11.6. The molecule has 0 radical (unpaired) electrons. The van der Waals surface area contributed by atoms with E-state index in [2.05, 4.69) is 31.5 Å². The Balaban J connectivity index is 1.80. The van der Waals surface area contributed by atoms with Crippen molar-refractivity contribution in [2.24, 2.45) is 0 Å². The lowest BCUT2D eigenvalue weighted by Crippen LogP contribution is -2.35. The van der Waals surface area contributed by atoms with E-state index in [1.807, 2.05) is 11.8 Å². The second-order valence-corrected chi connectivity index (χ2v) is 6.61. The average Bonchev–Trinajstić information content (AvgIpc) is 2.94. The number of anilines is 2. The lowest BCUT2D eigenvalue weighted by molar-refractivity contribution is 0.411. The molecule has 108 valence electrons. The van der Waals surface area contributed by atoms with Gasteiger partial charge in [-0.25, -0.2) is 4.98 Å². The maximum atomic E-state index is 5.74. The van der Waals surface area contributed by atoms with Gasteiger partial charge < -0.3 is 16.0 Å². The van der Waals surface area contributed by atoms with E-state index in [1.54, 1.807) is 6.33 Å². The molecule has 7 heteroatoms. The largest absolute Gasteiger partial charge is 0.368 e.